The summed E-state index contributed by atoms with van der Waals surface area (Å²) in [6.07, 6.45) is 5.05. The number of piperazine rings is 1. The van der Waals surface area contributed by atoms with Crippen LogP contribution in [0, 0.1) is 5.82 Å². The third-order valence-electron chi connectivity index (χ3n) is 5.44. The second kappa shape index (κ2) is 7.99. The van der Waals surface area contributed by atoms with Crippen LogP contribution in [0.1, 0.15) is 16.1 Å². The summed E-state index contributed by atoms with van der Waals surface area (Å²) < 4.78 is 20.1. The molecule has 9 heteroatoms. The van der Waals surface area contributed by atoms with Crippen LogP contribution >= 0.6 is 11.3 Å². The van der Waals surface area contributed by atoms with Gasteiger partial charge in [-0.15, -0.1) is 11.3 Å². The Morgan fingerprint density at radius 2 is 1.81 bits per heavy atom. The Kier molecular flexibility index (Phi) is 5.03. The van der Waals surface area contributed by atoms with Crippen molar-refractivity contribution in [3.8, 4) is 11.3 Å². The molecule has 0 radical (unpaired) electrons. The van der Waals surface area contributed by atoms with Crippen LogP contribution in [0.4, 0.5) is 4.39 Å². The van der Waals surface area contributed by atoms with Crippen molar-refractivity contribution in [3.63, 3.8) is 0 Å². The molecular formula is C22H19FN4O3S. The van der Waals surface area contributed by atoms with Gasteiger partial charge in [-0.25, -0.2) is 9.37 Å². The maximum Gasteiger partial charge on any atom is 0.257 e. The van der Waals surface area contributed by atoms with Crippen LogP contribution in [0.2, 0.25) is 0 Å². The summed E-state index contributed by atoms with van der Waals surface area (Å²) in [4.78, 5) is 34.2. The summed E-state index contributed by atoms with van der Waals surface area (Å²) in [5.41, 5.74) is 2.96. The number of imidazole rings is 1. The number of rotatable bonds is 4. The maximum atomic E-state index is 13.2. The summed E-state index contributed by atoms with van der Waals surface area (Å²) in [5, 5.41) is 1.94. The fraction of sp³-hybridized carbons (Fsp3) is 0.227. The molecule has 2 amide bonds. The second-order valence-electron chi connectivity index (χ2n) is 7.37. The Labute approximate surface area is 181 Å². The van der Waals surface area contributed by atoms with E-state index in [2.05, 4.69) is 4.98 Å². The fourth-order valence-corrected chi connectivity index (χ4v) is 4.58. The van der Waals surface area contributed by atoms with Gasteiger partial charge in [0.2, 0.25) is 5.91 Å². The lowest BCUT2D eigenvalue weighted by Gasteiger charge is -2.34. The smallest absolute Gasteiger partial charge is 0.257 e. The second-order valence-corrected chi connectivity index (χ2v) is 8.21. The summed E-state index contributed by atoms with van der Waals surface area (Å²) >= 11 is 1.47. The van der Waals surface area contributed by atoms with Crippen molar-refractivity contribution in [2.45, 2.75) is 6.42 Å². The van der Waals surface area contributed by atoms with Crippen molar-refractivity contribution >= 4 is 28.1 Å². The fourth-order valence-electron chi connectivity index (χ4n) is 3.71. The van der Waals surface area contributed by atoms with E-state index in [4.69, 9.17) is 4.42 Å². The first-order valence-electron chi connectivity index (χ1n) is 9.89. The van der Waals surface area contributed by atoms with Crippen molar-refractivity contribution < 1.29 is 18.4 Å². The van der Waals surface area contributed by atoms with E-state index < -0.39 is 0 Å². The van der Waals surface area contributed by atoms with Crippen molar-refractivity contribution in [2.24, 2.45) is 0 Å². The van der Waals surface area contributed by atoms with Gasteiger partial charge in [0.1, 0.15) is 12.1 Å². The first-order valence-corrected chi connectivity index (χ1v) is 10.8. The molecule has 1 aliphatic rings. The number of hydrogen-bond acceptors (Lipinski definition) is 5. The van der Waals surface area contributed by atoms with Crippen LogP contribution in [0.3, 0.4) is 0 Å². The quantitative estimate of drug-likeness (QED) is 0.490. The standard InChI is InChI=1S/C22H19FN4O3S/c23-17-3-1-15(2-4-17)19-12-27-18(14-31-22(27)24-19)11-20(28)25-6-8-26(9-7-25)21(29)16-5-10-30-13-16/h1-5,10,12-14H,6-9,11H2. The number of hydrogen-bond donors (Lipinski definition) is 0. The highest BCUT2D eigenvalue weighted by atomic mass is 32.1. The van der Waals surface area contributed by atoms with E-state index >= 15 is 0 Å². The van der Waals surface area contributed by atoms with Gasteiger partial charge in [0.15, 0.2) is 4.96 Å². The van der Waals surface area contributed by atoms with Gasteiger partial charge < -0.3 is 14.2 Å². The van der Waals surface area contributed by atoms with Crippen molar-refractivity contribution in [1.82, 2.24) is 19.2 Å². The maximum absolute atomic E-state index is 13.2. The van der Waals surface area contributed by atoms with Crippen LogP contribution in [0.25, 0.3) is 16.2 Å². The Morgan fingerprint density at radius 3 is 2.52 bits per heavy atom. The minimum atomic E-state index is -0.289. The number of furan rings is 1. The van der Waals surface area contributed by atoms with Crippen LogP contribution in [-0.4, -0.2) is 57.2 Å². The van der Waals surface area contributed by atoms with Gasteiger partial charge in [0, 0.05) is 49.0 Å². The summed E-state index contributed by atoms with van der Waals surface area (Å²) in [5.74, 6) is -0.345. The van der Waals surface area contributed by atoms with Gasteiger partial charge in [0.25, 0.3) is 5.91 Å². The van der Waals surface area contributed by atoms with Gasteiger partial charge in [-0.05, 0) is 30.3 Å². The molecule has 0 spiro atoms. The molecule has 1 saturated heterocycles. The number of aromatic nitrogens is 2. The molecule has 0 aliphatic carbocycles. The molecule has 7 nitrogen and oxygen atoms in total. The van der Waals surface area contributed by atoms with E-state index in [-0.39, 0.29) is 24.1 Å². The monoisotopic (exact) mass is 438 g/mol. The van der Waals surface area contributed by atoms with Crippen LogP contribution in [0.5, 0.6) is 0 Å². The van der Waals surface area contributed by atoms with Crippen molar-refractivity contribution in [3.05, 3.63) is 71.5 Å². The largest absolute Gasteiger partial charge is 0.472 e. The Hall–Kier alpha value is -3.46. The molecule has 1 aliphatic heterocycles. The van der Waals surface area contributed by atoms with E-state index in [1.165, 1.54) is 36.0 Å². The summed E-state index contributed by atoms with van der Waals surface area (Å²) in [6.45, 7) is 1.99. The molecule has 4 aromatic rings. The zero-order chi connectivity index (χ0) is 21.4. The van der Waals surface area contributed by atoms with E-state index in [9.17, 15) is 14.0 Å². The topological polar surface area (TPSA) is 71.1 Å². The predicted octanol–water partition coefficient (Wildman–Crippen LogP) is 3.32. The minimum Gasteiger partial charge on any atom is -0.472 e. The molecule has 0 bridgehead atoms. The zero-order valence-electron chi connectivity index (χ0n) is 16.5. The van der Waals surface area contributed by atoms with Crippen molar-refractivity contribution in [2.75, 3.05) is 26.2 Å². The SMILES string of the molecule is O=C(Cc1csc2nc(-c3ccc(F)cc3)cn12)N1CCN(C(=O)c2ccoc2)CC1. The number of carbonyl (C=O) groups is 2. The number of benzene rings is 1. The van der Waals surface area contributed by atoms with E-state index in [1.807, 2.05) is 16.0 Å². The normalized spacial score (nSPS) is 14.4. The first kappa shape index (κ1) is 19.5. The van der Waals surface area contributed by atoms with E-state index in [1.54, 1.807) is 28.0 Å². The highest BCUT2D eigenvalue weighted by Crippen LogP contribution is 2.24. The lowest BCUT2D eigenvalue weighted by Crippen LogP contribution is -2.51. The highest BCUT2D eigenvalue weighted by molar-refractivity contribution is 7.15. The average molecular weight is 438 g/mol. The number of fused-ring (bicyclic) bond motifs is 1. The van der Waals surface area contributed by atoms with Gasteiger partial charge in [-0.3, -0.25) is 14.0 Å². The molecule has 158 valence electrons. The molecule has 0 atom stereocenters. The van der Waals surface area contributed by atoms with Gasteiger partial charge in [-0.2, -0.15) is 0 Å². The van der Waals surface area contributed by atoms with E-state index in [0.29, 0.717) is 31.7 Å². The number of carbonyl (C=O) groups excluding carboxylic acids is 2. The molecule has 31 heavy (non-hydrogen) atoms. The third kappa shape index (κ3) is 3.84. The molecule has 5 rings (SSSR count). The Morgan fingerprint density at radius 1 is 1.06 bits per heavy atom. The van der Waals surface area contributed by atoms with Gasteiger partial charge >= 0.3 is 0 Å². The van der Waals surface area contributed by atoms with E-state index in [0.717, 1.165) is 21.9 Å². The van der Waals surface area contributed by atoms with Gasteiger partial charge in [-0.1, -0.05) is 0 Å². The number of halogens is 1. The van der Waals surface area contributed by atoms with Crippen LogP contribution < -0.4 is 0 Å². The molecule has 0 N–H and O–H groups in total. The Bertz CT molecular complexity index is 1220. The Balaban J connectivity index is 1.24. The third-order valence-corrected chi connectivity index (χ3v) is 6.33. The van der Waals surface area contributed by atoms with Crippen LogP contribution in [-0.2, 0) is 11.2 Å². The molecular weight excluding hydrogens is 419 g/mol. The minimum absolute atomic E-state index is 0.0205. The van der Waals surface area contributed by atoms with Crippen LogP contribution in [0.15, 0.2) is 58.9 Å². The predicted molar refractivity (Wildman–Crippen MR) is 113 cm³/mol. The summed E-state index contributed by atoms with van der Waals surface area (Å²) in [7, 11) is 0. The number of thiazole rings is 1. The molecule has 0 unspecified atom stereocenters. The molecule has 0 saturated carbocycles. The van der Waals surface area contributed by atoms with Gasteiger partial charge in [0.05, 0.1) is 23.9 Å². The molecule has 3 aromatic heterocycles. The molecule has 1 aromatic carbocycles. The highest BCUT2D eigenvalue weighted by Gasteiger charge is 2.26. The average Bonchev–Trinajstić information content (AvgIpc) is 3.53. The summed E-state index contributed by atoms with van der Waals surface area (Å²) in [6, 6.07) is 7.84. The first-order chi connectivity index (χ1) is 15.1. The number of amides is 2. The zero-order valence-corrected chi connectivity index (χ0v) is 17.3. The molecule has 4 heterocycles. The number of nitrogens with zero attached hydrogens (tertiary/aromatic N) is 4. The molecule has 1 fully saturated rings. The lowest BCUT2D eigenvalue weighted by atomic mass is 10.2. The lowest BCUT2D eigenvalue weighted by molar-refractivity contribution is -0.132. The van der Waals surface area contributed by atoms with Crippen molar-refractivity contribution in [1.29, 1.82) is 0 Å².